The summed E-state index contributed by atoms with van der Waals surface area (Å²) in [4.78, 5) is 36.3. The van der Waals surface area contributed by atoms with Crippen molar-refractivity contribution in [2.75, 3.05) is 11.9 Å². The molecule has 6 heteroatoms. The Morgan fingerprint density at radius 1 is 1.20 bits per heavy atom. The summed E-state index contributed by atoms with van der Waals surface area (Å²) in [7, 11) is 0. The van der Waals surface area contributed by atoms with Crippen molar-refractivity contribution in [2.24, 2.45) is 0 Å². The van der Waals surface area contributed by atoms with Crippen LogP contribution in [0.2, 0.25) is 0 Å². The number of anilines is 1. The molecule has 2 aromatic rings. The maximum atomic E-state index is 12.6. The first kappa shape index (κ1) is 16.7. The summed E-state index contributed by atoms with van der Waals surface area (Å²) in [6.45, 7) is 1.94. The fraction of sp³-hybridized carbons (Fsp3) is 0.211. The number of carbonyl (C=O) groups excluding carboxylic acids is 3. The normalized spacial score (nSPS) is 13.6. The minimum absolute atomic E-state index is 0.0961. The number of hydrogen-bond acceptors (Lipinski definition) is 4. The molecule has 0 bridgehead atoms. The number of amides is 2. The number of esters is 1. The summed E-state index contributed by atoms with van der Waals surface area (Å²) < 4.78 is 5.07. The Bertz CT molecular complexity index is 817. The Kier molecular flexibility index (Phi) is 4.79. The van der Waals surface area contributed by atoms with Crippen LogP contribution in [0.5, 0.6) is 0 Å². The van der Waals surface area contributed by atoms with Crippen LogP contribution in [0.3, 0.4) is 0 Å². The predicted molar refractivity (Wildman–Crippen MR) is 92.1 cm³/mol. The lowest BCUT2D eigenvalue weighted by Crippen LogP contribution is -2.35. The second-order valence-corrected chi connectivity index (χ2v) is 5.67. The van der Waals surface area contributed by atoms with Gasteiger partial charge < -0.3 is 15.4 Å². The van der Waals surface area contributed by atoms with Gasteiger partial charge in [-0.3, -0.25) is 9.59 Å². The predicted octanol–water partition coefficient (Wildman–Crippen LogP) is 2.22. The van der Waals surface area contributed by atoms with Gasteiger partial charge in [-0.2, -0.15) is 0 Å². The lowest BCUT2D eigenvalue weighted by atomic mass is 10.0. The van der Waals surface area contributed by atoms with E-state index in [2.05, 4.69) is 10.6 Å². The van der Waals surface area contributed by atoms with Crippen molar-refractivity contribution < 1.29 is 19.1 Å². The largest absolute Gasteiger partial charge is 0.464 e. The van der Waals surface area contributed by atoms with Gasteiger partial charge in [0.15, 0.2) is 6.04 Å². The van der Waals surface area contributed by atoms with Crippen molar-refractivity contribution in [2.45, 2.75) is 19.4 Å². The molecule has 1 heterocycles. The number of fused-ring (bicyclic) bond motifs is 1. The highest BCUT2D eigenvalue weighted by Crippen LogP contribution is 2.24. The molecule has 0 fully saturated rings. The molecule has 1 atom stereocenters. The van der Waals surface area contributed by atoms with Gasteiger partial charge >= 0.3 is 5.97 Å². The number of rotatable bonds is 5. The molecule has 25 heavy (non-hydrogen) atoms. The summed E-state index contributed by atoms with van der Waals surface area (Å²) in [6, 6.07) is 13.0. The highest BCUT2D eigenvalue weighted by Gasteiger charge is 2.25. The molecule has 3 rings (SSSR count). The van der Waals surface area contributed by atoms with Crippen molar-refractivity contribution in [1.82, 2.24) is 5.32 Å². The summed E-state index contributed by atoms with van der Waals surface area (Å²) in [5.41, 5.74) is 2.52. The molecule has 128 valence electrons. The van der Waals surface area contributed by atoms with Gasteiger partial charge in [0.05, 0.1) is 13.0 Å². The molecule has 1 aliphatic rings. The van der Waals surface area contributed by atoms with Crippen molar-refractivity contribution >= 4 is 23.5 Å². The van der Waals surface area contributed by atoms with Crippen LogP contribution in [0.25, 0.3) is 0 Å². The number of nitrogens with one attached hydrogen (secondary N) is 2. The first-order valence-corrected chi connectivity index (χ1v) is 8.03. The topological polar surface area (TPSA) is 84.5 Å². The van der Waals surface area contributed by atoms with Crippen molar-refractivity contribution in [1.29, 1.82) is 0 Å². The zero-order chi connectivity index (χ0) is 17.8. The van der Waals surface area contributed by atoms with Crippen LogP contribution in [0.15, 0.2) is 48.5 Å². The minimum Gasteiger partial charge on any atom is -0.464 e. The number of benzene rings is 2. The lowest BCUT2D eigenvalue weighted by molar-refractivity contribution is -0.145. The van der Waals surface area contributed by atoms with Gasteiger partial charge in [-0.05, 0) is 36.2 Å². The third kappa shape index (κ3) is 3.68. The zero-order valence-electron chi connectivity index (χ0n) is 13.7. The number of carbonyl (C=O) groups is 3. The molecule has 1 aliphatic heterocycles. The van der Waals surface area contributed by atoms with Gasteiger partial charge in [0, 0.05) is 11.3 Å². The van der Waals surface area contributed by atoms with E-state index < -0.39 is 17.9 Å². The molecule has 0 aliphatic carbocycles. The van der Waals surface area contributed by atoms with E-state index in [0.717, 1.165) is 5.56 Å². The standard InChI is InChI=1S/C19H18N2O4/c1-2-25-19(24)17(12-6-4-3-5-7-12)21-18(23)13-8-9-15-14(10-13)11-16(22)20-15/h3-10,17H,2,11H2,1H3,(H,20,22)(H,21,23). The monoisotopic (exact) mass is 338 g/mol. The van der Waals surface area contributed by atoms with Crippen LogP contribution in [0, 0.1) is 0 Å². The third-order valence-corrected chi connectivity index (χ3v) is 3.92. The molecule has 2 amide bonds. The fourth-order valence-electron chi connectivity index (χ4n) is 2.73. The molecule has 1 unspecified atom stereocenters. The molecule has 2 aromatic carbocycles. The molecule has 0 aromatic heterocycles. The van der Waals surface area contributed by atoms with Crippen LogP contribution >= 0.6 is 0 Å². The Balaban J connectivity index is 1.82. The van der Waals surface area contributed by atoms with Crippen LogP contribution < -0.4 is 10.6 Å². The second kappa shape index (κ2) is 7.17. The first-order valence-electron chi connectivity index (χ1n) is 8.03. The molecule has 0 saturated heterocycles. The Morgan fingerprint density at radius 2 is 1.96 bits per heavy atom. The average molecular weight is 338 g/mol. The van der Waals surface area contributed by atoms with E-state index in [-0.39, 0.29) is 18.9 Å². The van der Waals surface area contributed by atoms with Gasteiger partial charge in [0.25, 0.3) is 5.91 Å². The Morgan fingerprint density at radius 3 is 2.68 bits per heavy atom. The van der Waals surface area contributed by atoms with E-state index in [9.17, 15) is 14.4 Å². The maximum absolute atomic E-state index is 12.6. The lowest BCUT2D eigenvalue weighted by Gasteiger charge is -2.18. The van der Waals surface area contributed by atoms with Crippen LogP contribution in [-0.4, -0.2) is 24.4 Å². The van der Waals surface area contributed by atoms with Crippen LogP contribution in [0.4, 0.5) is 5.69 Å². The first-order chi connectivity index (χ1) is 12.1. The van der Waals surface area contributed by atoms with Gasteiger partial charge in [-0.1, -0.05) is 30.3 Å². The van der Waals surface area contributed by atoms with Gasteiger partial charge in [-0.25, -0.2) is 4.79 Å². The van der Waals surface area contributed by atoms with Gasteiger partial charge in [-0.15, -0.1) is 0 Å². The average Bonchev–Trinajstić information content (AvgIpc) is 2.99. The smallest absolute Gasteiger partial charge is 0.333 e. The molecule has 0 spiro atoms. The van der Waals surface area contributed by atoms with Gasteiger partial charge in [0.2, 0.25) is 5.91 Å². The van der Waals surface area contributed by atoms with Crippen molar-refractivity contribution in [3.8, 4) is 0 Å². The third-order valence-electron chi connectivity index (χ3n) is 3.92. The molecule has 0 radical (unpaired) electrons. The molecular formula is C19H18N2O4. The molecule has 0 saturated carbocycles. The fourth-order valence-corrected chi connectivity index (χ4v) is 2.73. The quantitative estimate of drug-likeness (QED) is 0.819. The van der Waals surface area contributed by atoms with E-state index in [1.54, 1.807) is 49.4 Å². The van der Waals surface area contributed by atoms with E-state index in [1.165, 1.54) is 0 Å². The Hall–Kier alpha value is -3.15. The van der Waals surface area contributed by atoms with Gasteiger partial charge in [0.1, 0.15) is 0 Å². The molecular weight excluding hydrogens is 320 g/mol. The number of ether oxygens (including phenoxy) is 1. The summed E-state index contributed by atoms with van der Waals surface area (Å²) in [5, 5.41) is 5.44. The molecule has 6 nitrogen and oxygen atoms in total. The summed E-state index contributed by atoms with van der Waals surface area (Å²) >= 11 is 0. The van der Waals surface area contributed by atoms with E-state index in [1.807, 2.05) is 6.07 Å². The van der Waals surface area contributed by atoms with Crippen molar-refractivity contribution in [3.05, 3.63) is 65.2 Å². The zero-order valence-corrected chi connectivity index (χ0v) is 13.7. The summed E-state index contributed by atoms with van der Waals surface area (Å²) in [5.74, 6) is -1.01. The van der Waals surface area contributed by atoms with Crippen molar-refractivity contribution in [3.63, 3.8) is 0 Å². The highest BCUT2D eigenvalue weighted by molar-refractivity contribution is 6.02. The van der Waals surface area contributed by atoms with E-state index in [4.69, 9.17) is 4.74 Å². The SMILES string of the molecule is CCOC(=O)C(NC(=O)c1ccc2c(c1)CC(=O)N2)c1ccccc1. The van der Waals surface area contributed by atoms with Crippen LogP contribution in [-0.2, 0) is 20.7 Å². The highest BCUT2D eigenvalue weighted by atomic mass is 16.5. The van der Waals surface area contributed by atoms with E-state index >= 15 is 0 Å². The molecule has 2 N–H and O–H groups in total. The van der Waals surface area contributed by atoms with Crippen LogP contribution in [0.1, 0.15) is 34.5 Å². The Labute approximate surface area is 145 Å². The maximum Gasteiger partial charge on any atom is 0.333 e. The summed E-state index contributed by atoms with van der Waals surface area (Å²) in [6.07, 6.45) is 0.246. The minimum atomic E-state index is -0.887. The van der Waals surface area contributed by atoms with E-state index in [0.29, 0.717) is 16.8 Å². The number of hydrogen-bond donors (Lipinski definition) is 2. The second-order valence-electron chi connectivity index (χ2n) is 5.67.